The molecule has 1 aromatic heterocycles. The Morgan fingerprint density at radius 2 is 2.00 bits per heavy atom. The third-order valence-corrected chi connectivity index (χ3v) is 6.09. The van der Waals surface area contributed by atoms with Gasteiger partial charge >= 0.3 is 0 Å². The minimum absolute atomic E-state index is 0.0500. The Bertz CT molecular complexity index is 892. The molecule has 4 rings (SSSR count). The first-order chi connectivity index (χ1) is 12.4. The fourth-order valence-corrected chi connectivity index (χ4v) is 4.60. The van der Waals surface area contributed by atoms with E-state index in [1.165, 1.54) is 0 Å². The summed E-state index contributed by atoms with van der Waals surface area (Å²) in [5.41, 5.74) is 3.57. The van der Waals surface area contributed by atoms with Crippen molar-refractivity contribution in [1.29, 1.82) is 0 Å². The van der Waals surface area contributed by atoms with Gasteiger partial charge in [0, 0.05) is 37.1 Å². The van der Waals surface area contributed by atoms with E-state index >= 15 is 0 Å². The van der Waals surface area contributed by atoms with E-state index in [9.17, 15) is 9.59 Å². The number of hydrogen-bond acceptors (Lipinski definition) is 3. The van der Waals surface area contributed by atoms with E-state index in [1.54, 1.807) is 0 Å². The van der Waals surface area contributed by atoms with E-state index < -0.39 is 0 Å². The molecule has 2 aliphatic rings. The van der Waals surface area contributed by atoms with E-state index in [0.29, 0.717) is 18.3 Å². The highest BCUT2D eigenvalue weighted by molar-refractivity contribution is 6.06. The Kier molecular flexibility index (Phi) is 4.17. The first-order valence-corrected chi connectivity index (χ1v) is 9.35. The molecule has 1 aliphatic heterocycles. The quantitative estimate of drug-likeness (QED) is 0.905. The van der Waals surface area contributed by atoms with Crippen LogP contribution in [-0.2, 0) is 4.79 Å². The second-order valence-corrected chi connectivity index (χ2v) is 7.85. The molecule has 1 aromatic carbocycles. The van der Waals surface area contributed by atoms with Crippen LogP contribution >= 0.6 is 0 Å². The largest absolute Gasteiger partial charge is 0.356 e. The average Bonchev–Trinajstić information content (AvgIpc) is 3.03. The molecular weight excluding hydrogens is 326 g/mol. The van der Waals surface area contributed by atoms with E-state index in [4.69, 9.17) is 0 Å². The van der Waals surface area contributed by atoms with Gasteiger partial charge in [-0.05, 0) is 50.2 Å². The van der Waals surface area contributed by atoms with Crippen molar-refractivity contribution in [2.45, 2.75) is 39.2 Å². The summed E-state index contributed by atoms with van der Waals surface area (Å²) in [6.45, 7) is 4.71. The molecule has 0 radical (unpaired) electrons. The number of fused-ring (bicyclic) bond motifs is 2. The van der Waals surface area contributed by atoms with Crippen LogP contribution in [-0.4, -0.2) is 41.3 Å². The molecule has 1 N–H and O–H groups in total. The van der Waals surface area contributed by atoms with Crippen LogP contribution in [0.5, 0.6) is 0 Å². The number of benzene rings is 1. The molecule has 2 fully saturated rings. The smallest absolute Gasteiger partial charge is 0.254 e. The lowest BCUT2D eigenvalue weighted by atomic mass is 9.89. The number of piperidine rings is 1. The Morgan fingerprint density at radius 3 is 2.81 bits per heavy atom. The van der Waals surface area contributed by atoms with Crippen molar-refractivity contribution in [2.24, 2.45) is 11.8 Å². The average molecular weight is 351 g/mol. The standard InChI is InChI=1S/C21H25N3O2/c1-12-5-4-6-17-18(7-13(2)23-20(12)17)21(26)24(3)16-8-14-10-19(25)22-11-15(14)9-16/h4-7,14-16H,8-11H2,1-3H3,(H,22,25)/t14-,15+,16-/m1/s1. The summed E-state index contributed by atoms with van der Waals surface area (Å²) in [5, 5.41) is 3.88. The zero-order valence-electron chi connectivity index (χ0n) is 15.6. The first kappa shape index (κ1) is 17.0. The van der Waals surface area contributed by atoms with Crippen LogP contribution in [0.1, 0.15) is 40.9 Å². The predicted octanol–water partition coefficient (Wildman–Crippen LogP) is 2.84. The maximum atomic E-state index is 13.3. The zero-order valence-corrected chi connectivity index (χ0v) is 15.6. The molecular formula is C21H25N3O2. The van der Waals surface area contributed by atoms with Crippen molar-refractivity contribution in [2.75, 3.05) is 13.6 Å². The number of nitrogens with one attached hydrogen (secondary N) is 1. The van der Waals surface area contributed by atoms with Crippen LogP contribution in [0.4, 0.5) is 0 Å². The maximum Gasteiger partial charge on any atom is 0.254 e. The van der Waals surface area contributed by atoms with Crippen molar-refractivity contribution < 1.29 is 9.59 Å². The van der Waals surface area contributed by atoms with E-state index in [2.05, 4.69) is 10.3 Å². The maximum absolute atomic E-state index is 13.3. The summed E-state index contributed by atoms with van der Waals surface area (Å²) < 4.78 is 0. The van der Waals surface area contributed by atoms with Crippen LogP contribution in [0.25, 0.3) is 10.9 Å². The van der Waals surface area contributed by atoms with Crippen molar-refractivity contribution in [3.8, 4) is 0 Å². The van der Waals surface area contributed by atoms with Gasteiger partial charge in [0.25, 0.3) is 5.91 Å². The Balaban J connectivity index is 1.63. The summed E-state index contributed by atoms with van der Waals surface area (Å²) in [6.07, 6.45) is 2.48. The Hall–Kier alpha value is -2.43. The molecule has 5 nitrogen and oxygen atoms in total. The molecule has 2 amide bonds. The van der Waals surface area contributed by atoms with Gasteiger partial charge in [-0.25, -0.2) is 0 Å². The summed E-state index contributed by atoms with van der Waals surface area (Å²) in [6, 6.07) is 8.07. The monoisotopic (exact) mass is 351 g/mol. The van der Waals surface area contributed by atoms with Gasteiger partial charge in [-0.1, -0.05) is 18.2 Å². The third-order valence-electron chi connectivity index (χ3n) is 6.09. The first-order valence-electron chi connectivity index (χ1n) is 9.35. The van der Waals surface area contributed by atoms with E-state index in [1.807, 2.05) is 50.1 Å². The highest BCUT2D eigenvalue weighted by atomic mass is 16.2. The van der Waals surface area contributed by atoms with Crippen molar-refractivity contribution >= 4 is 22.7 Å². The molecule has 0 bridgehead atoms. The molecule has 26 heavy (non-hydrogen) atoms. The van der Waals surface area contributed by atoms with Crippen LogP contribution in [0.3, 0.4) is 0 Å². The summed E-state index contributed by atoms with van der Waals surface area (Å²) in [5.74, 6) is 1.09. The van der Waals surface area contributed by atoms with Gasteiger partial charge in [0.15, 0.2) is 0 Å². The highest BCUT2D eigenvalue weighted by Crippen LogP contribution is 2.38. The number of para-hydroxylation sites is 1. The fraction of sp³-hybridized carbons (Fsp3) is 0.476. The molecule has 1 aliphatic carbocycles. The SMILES string of the molecule is Cc1cc(C(=O)N(C)[C@H]2C[C@H]3CNC(=O)C[C@H]3C2)c2cccc(C)c2n1. The zero-order chi connectivity index (χ0) is 18.4. The number of amides is 2. The Labute approximate surface area is 153 Å². The van der Waals surface area contributed by atoms with Gasteiger partial charge in [0.1, 0.15) is 0 Å². The molecule has 1 saturated carbocycles. The number of aromatic nitrogens is 1. The van der Waals surface area contributed by atoms with Crippen LogP contribution < -0.4 is 5.32 Å². The predicted molar refractivity (Wildman–Crippen MR) is 101 cm³/mol. The van der Waals surface area contributed by atoms with Crippen molar-refractivity contribution in [3.05, 3.63) is 41.1 Å². The molecule has 3 atom stereocenters. The number of rotatable bonds is 2. The molecule has 5 heteroatoms. The molecule has 2 heterocycles. The third kappa shape index (κ3) is 2.85. The molecule has 0 spiro atoms. The number of carbonyl (C=O) groups excluding carboxylic acids is 2. The molecule has 1 saturated heterocycles. The highest BCUT2D eigenvalue weighted by Gasteiger charge is 2.40. The topological polar surface area (TPSA) is 62.3 Å². The van der Waals surface area contributed by atoms with E-state index in [-0.39, 0.29) is 17.9 Å². The van der Waals surface area contributed by atoms with Crippen molar-refractivity contribution in [1.82, 2.24) is 15.2 Å². The number of nitrogens with zero attached hydrogens (tertiary/aromatic N) is 2. The lowest BCUT2D eigenvalue weighted by Crippen LogP contribution is -2.38. The summed E-state index contributed by atoms with van der Waals surface area (Å²) >= 11 is 0. The van der Waals surface area contributed by atoms with E-state index in [0.717, 1.165) is 47.1 Å². The van der Waals surface area contributed by atoms with Gasteiger partial charge in [-0.2, -0.15) is 0 Å². The molecule has 0 unspecified atom stereocenters. The van der Waals surface area contributed by atoms with Crippen LogP contribution in [0, 0.1) is 25.7 Å². The fourth-order valence-electron chi connectivity index (χ4n) is 4.60. The van der Waals surface area contributed by atoms with Gasteiger partial charge in [-0.3, -0.25) is 14.6 Å². The van der Waals surface area contributed by atoms with Gasteiger partial charge in [0.05, 0.1) is 11.1 Å². The second kappa shape index (κ2) is 6.38. The van der Waals surface area contributed by atoms with Crippen LogP contribution in [0.15, 0.2) is 24.3 Å². The number of aryl methyl sites for hydroxylation is 2. The van der Waals surface area contributed by atoms with Crippen LogP contribution in [0.2, 0.25) is 0 Å². The van der Waals surface area contributed by atoms with Crippen molar-refractivity contribution in [3.63, 3.8) is 0 Å². The minimum atomic E-state index is 0.0500. The second-order valence-electron chi connectivity index (χ2n) is 7.85. The summed E-state index contributed by atoms with van der Waals surface area (Å²) in [7, 11) is 1.90. The number of pyridine rings is 1. The normalized spacial score (nSPS) is 25.0. The molecule has 136 valence electrons. The number of hydrogen-bond donors (Lipinski definition) is 1. The van der Waals surface area contributed by atoms with Gasteiger partial charge in [0.2, 0.25) is 5.91 Å². The van der Waals surface area contributed by atoms with Gasteiger partial charge < -0.3 is 10.2 Å². The van der Waals surface area contributed by atoms with Gasteiger partial charge in [-0.15, -0.1) is 0 Å². The Morgan fingerprint density at radius 1 is 1.23 bits per heavy atom. The lowest BCUT2D eigenvalue weighted by molar-refractivity contribution is -0.124. The minimum Gasteiger partial charge on any atom is -0.356 e. The number of carbonyl (C=O) groups is 2. The molecule has 2 aromatic rings. The lowest BCUT2D eigenvalue weighted by Gasteiger charge is -2.25. The summed E-state index contributed by atoms with van der Waals surface area (Å²) in [4.78, 5) is 31.5.